The summed E-state index contributed by atoms with van der Waals surface area (Å²) in [5.41, 5.74) is 1.50. The first-order valence-electron chi connectivity index (χ1n) is 13.5. The zero-order chi connectivity index (χ0) is 28.8. The lowest BCUT2D eigenvalue weighted by Crippen LogP contribution is -2.44. The fourth-order valence-electron chi connectivity index (χ4n) is 4.70. The molecule has 2 saturated heterocycles. The van der Waals surface area contributed by atoms with E-state index in [0.29, 0.717) is 66.8 Å². The number of aliphatic hydroxyl groups excluding tert-OH is 1. The van der Waals surface area contributed by atoms with Crippen LogP contribution in [-0.4, -0.2) is 84.7 Å². The lowest BCUT2D eigenvalue weighted by Gasteiger charge is -2.37. The largest absolute Gasteiger partial charge is 0.491 e. The molecule has 2 aromatic carbocycles. The van der Waals surface area contributed by atoms with E-state index < -0.39 is 5.82 Å². The Morgan fingerprint density at radius 1 is 1.32 bits per heavy atom. The standard InChI is InChI=1S/C29H33ClFN5O5/c1-29(15-39-16-29)17-41-26-13-24-21(28(33-18-32-24)34-19-4-5-23(31)22(30)11-19)12-25(26)35-27(38)3-2-7-36-8-6-20(14-36)40-10-9-37/h2-5,11-13,18,20,37H,6-10,14-17H2,1H3,(H,35,38)(H,32,33,34)/b3-2+/t20-/m1/s1. The average Bonchev–Trinajstić information content (AvgIpc) is 3.39. The molecule has 41 heavy (non-hydrogen) atoms. The summed E-state index contributed by atoms with van der Waals surface area (Å²) in [5, 5.41) is 15.7. The van der Waals surface area contributed by atoms with Crippen LogP contribution in [0, 0.1) is 11.2 Å². The van der Waals surface area contributed by atoms with Crippen molar-refractivity contribution >= 4 is 45.6 Å². The van der Waals surface area contributed by atoms with Gasteiger partial charge in [-0.3, -0.25) is 9.69 Å². The first-order chi connectivity index (χ1) is 19.8. The molecular weight excluding hydrogens is 553 g/mol. The highest BCUT2D eigenvalue weighted by Gasteiger charge is 2.34. The predicted octanol–water partition coefficient (Wildman–Crippen LogP) is 4.16. The third-order valence-electron chi connectivity index (χ3n) is 6.96. The molecule has 0 spiro atoms. The molecular formula is C29H33ClFN5O5. The molecule has 12 heteroatoms. The van der Waals surface area contributed by atoms with Crippen LogP contribution in [0.5, 0.6) is 5.75 Å². The van der Waals surface area contributed by atoms with Crippen LogP contribution >= 0.6 is 11.6 Å². The number of carbonyl (C=O) groups excluding carboxylic acids is 1. The number of nitrogens with one attached hydrogen (secondary N) is 2. The van der Waals surface area contributed by atoms with E-state index >= 15 is 0 Å². The van der Waals surface area contributed by atoms with Crippen molar-refractivity contribution in [2.75, 3.05) is 63.3 Å². The quantitative estimate of drug-likeness (QED) is 0.269. The number of likely N-dealkylation sites (tertiary alicyclic amines) is 1. The van der Waals surface area contributed by atoms with Gasteiger partial charge in [-0.05, 0) is 30.7 Å². The molecule has 3 heterocycles. The van der Waals surface area contributed by atoms with Crippen molar-refractivity contribution in [2.45, 2.75) is 19.4 Å². The molecule has 218 valence electrons. The zero-order valence-corrected chi connectivity index (χ0v) is 23.5. The second-order valence-electron chi connectivity index (χ2n) is 10.6. The number of rotatable bonds is 12. The van der Waals surface area contributed by atoms with Gasteiger partial charge in [0.1, 0.15) is 23.7 Å². The van der Waals surface area contributed by atoms with Gasteiger partial charge in [-0.25, -0.2) is 14.4 Å². The number of hydrogen-bond acceptors (Lipinski definition) is 9. The average molecular weight is 586 g/mol. The van der Waals surface area contributed by atoms with E-state index in [1.54, 1.807) is 18.2 Å². The van der Waals surface area contributed by atoms with Gasteiger partial charge in [0.2, 0.25) is 5.91 Å². The molecule has 10 nitrogen and oxygen atoms in total. The van der Waals surface area contributed by atoms with Crippen molar-refractivity contribution in [1.29, 1.82) is 0 Å². The molecule has 0 radical (unpaired) electrons. The minimum Gasteiger partial charge on any atom is -0.491 e. The number of aliphatic hydroxyl groups is 1. The van der Waals surface area contributed by atoms with Crippen LogP contribution in [0.25, 0.3) is 10.9 Å². The number of nitrogens with zero attached hydrogens (tertiary/aromatic N) is 3. The Hall–Kier alpha value is -3.35. The van der Waals surface area contributed by atoms with Crippen LogP contribution < -0.4 is 15.4 Å². The molecule has 1 atom stereocenters. The van der Waals surface area contributed by atoms with E-state index in [1.807, 2.05) is 6.08 Å². The minimum absolute atomic E-state index is 0.00827. The zero-order valence-electron chi connectivity index (χ0n) is 22.7. The molecule has 0 bridgehead atoms. The highest BCUT2D eigenvalue weighted by molar-refractivity contribution is 6.31. The summed E-state index contributed by atoms with van der Waals surface area (Å²) in [6.45, 7) is 6.26. The van der Waals surface area contributed by atoms with Gasteiger partial charge in [0.25, 0.3) is 0 Å². The second-order valence-corrected chi connectivity index (χ2v) is 11.0. The van der Waals surface area contributed by atoms with Gasteiger partial charge in [-0.2, -0.15) is 0 Å². The number of benzene rings is 2. The third-order valence-corrected chi connectivity index (χ3v) is 7.25. The molecule has 2 aliphatic heterocycles. The van der Waals surface area contributed by atoms with Gasteiger partial charge in [-0.15, -0.1) is 0 Å². The maximum Gasteiger partial charge on any atom is 0.248 e. The third kappa shape index (κ3) is 7.49. The van der Waals surface area contributed by atoms with E-state index in [9.17, 15) is 9.18 Å². The topological polar surface area (TPSA) is 118 Å². The van der Waals surface area contributed by atoms with Crippen molar-refractivity contribution in [3.05, 3.63) is 59.7 Å². The van der Waals surface area contributed by atoms with Gasteiger partial charge >= 0.3 is 0 Å². The number of aromatic nitrogens is 2. The summed E-state index contributed by atoms with van der Waals surface area (Å²) in [6.07, 6.45) is 5.72. The highest BCUT2D eigenvalue weighted by atomic mass is 35.5. The fourth-order valence-corrected chi connectivity index (χ4v) is 4.88. The fraction of sp³-hybridized carbons (Fsp3) is 0.414. The molecule has 0 aliphatic carbocycles. The van der Waals surface area contributed by atoms with Crippen LogP contribution in [0.2, 0.25) is 5.02 Å². The van der Waals surface area contributed by atoms with Crippen LogP contribution in [0.15, 0.2) is 48.8 Å². The number of hydrogen-bond donors (Lipinski definition) is 3. The highest BCUT2D eigenvalue weighted by Crippen LogP contribution is 2.36. The minimum atomic E-state index is -0.519. The van der Waals surface area contributed by atoms with E-state index in [-0.39, 0.29) is 29.1 Å². The summed E-state index contributed by atoms with van der Waals surface area (Å²) >= 11 is 5.95. The van der Waals surface area contributed by atoms with Gasteiger partial charge in [0.15, 0.2) is 0 Å². The first-order valence-corrected chi connectivity index (χ1v) is 13.8. The molecule has 2 fully saturated rings. The van der Waals surface area contributed by atoms with E-state index in [4.69, 9.17) is 30.9 Å². The molecule has 3 N–H and O–H groups in total. The molecule has 3 aromatic rings. The van der Waals surface area contributed by atoms with Crippen LogP contribution in [0.4, 0.5) is 21.6 Å². The summed E-state index contributed by atoms with van der Waals surface area (Å²) in [7, 11) is 0. The van der Waals surface area contributed by atoms with E-state index in [0.717, 1.165) is 19.5 Å². The second kappa shape index (κ2) is 13.1. The monoisotopic (exact) mass is 585 g/mol. The Morgan fingerprint density at radius 2 is 2.17 bits per heavy atom. The van der Waals surface area contributed by atoms with Crippen molar-refractivity contribution in [1.82, 2.24) is 14.9 Å². The lowest BCUT2D eigenvalue weighted by atomic mass is 9.90. The molecule has 2 aliphatic rings. The summed E-state index contributed by atoms with van der Waals surface area (Å²) in [4.78, 5) is 23.9. The predicted molar refractivity (Wildman–Crippen MR) is 154 cm³/mol. The number of ether oxygens (including phenoxy) is 3. The Bertz CT molecular complexity index is 1420. The smallest absolute Gasteiger partial charge is 0.248 e. The van der Waals surface area contributed by atoms with Gasteiger partial charge in [0, 0.05) is 48.3 Å². The van der Waals surface area contributed by atoms with Crippen LogP contribution in [0.3, 0.4) is 0 Å². The number of amides is 1. The number of fused-ring (bicyclic) bond motifs is 1. The lowest BCUT2D eigenvalue weighted by molar-refractivity contribution is -0.120. The summed E-state index contributed by atoms with van der Waals surface area (Å²) in [6, 6.07) is 7.82. The van der Waals surface area contributed by atoms with Crippen molar-refractivity contribution in [3.63, 3.8) is 0 Å². The number of carbonyl (C=O) groups is 1. The summed E-state index contributed by atoms with van der Waals surface area (Å²) < 4.78 is 30.8. The van der Waals surface area contributed by atoms with Crippen molar-refractivity contribution in [3.8, 4) is 5.75 Å². The van der Waals surface area contributed by atoms with E-state index in [2.05, 4.69) is 32.4 Å². The number of anilines is 3. The van der Waals surface area contributed by atoms with Gasteiger partial charge in [-0.1, -0.05) is 24.6 Å². The Kier molecular flexibility index (Phi) is 9.31. The molecule has 0 unspecified atom stereocenters. The van der Waals surface area contributed by atoms with Gasteiger partial charge < -0.3 is 30.0 Å². The molecule has 0 saturated carbocycles. The molecule has 5 rings (SSSR count). The maximum atomic E-state index is 13.7. The Morgan fingerprint density at radius 3 is 2.93 bits per heavy atom. The Labute approximate surface area is 242 Å². The maximum absolute atomic E-state index is 13.7. The Balaban J connectivity index is 1.33. The van der Waals surface area contributed by atoms with E-state index in [1.165, 1.54) is 24.5 Å². The normalized spacial score (nSPS) is 18.5. The van der Waals surface area contributed by atoms with Crippen LogP contribution in [0.1, 0.15) is 13.3 Å². The molecule has 1 amide bonds. The SMILES string of the molecule is CC1(COc2cc3ncnc(Nc4ccc(F)c(Cl)c4)c3cc2NC(=O)/C=C/CN2CC[C@@H](OCCO)C2)COC1. The first kappa shape index (κ1) is 29.2. The number of halogens is 2. The van der Waals surface area contributed by atoms with Crippen LogP contribution in [-0.2, 0) is 14.3 Å². The summed E-state index contributed by atoms with van der Waals surface area (Å²) in [5.74, 6) is 0.109. The van der Waals surface area contributed by atoms with Crippen molar-refractivity contribution < 1.29 is 28.5 Å². The molecule has 1 aromatic heterocycles. The van der Waals surface area contributed by atoms with Crippen molar-refractivity contribution in [2.24, 2.45) is 5.41 Å². The van der Waals surface area contributed by atoms with Gasteiger partial charge in [0.05, 0.1) is 55.4 Å².